The van der Waals surface area contributed by atoms with Crippen molar-refractivity contribution in [2.75, 3.05) is 0 Å². The summed E-state index contributed by atoms with van der Waals surface area (Å²) in [6.45, 7) is 0. The van der Waals surface area contributed by atoms with E-state index in [0.717, 1.165) is 5.56 Å². The number of carbonyl (C=O) groups excluding carboxylic acids is 2. The van der Waals surface area contributed by atoms with Crippen molar-refractivity contribution in [1.82, 2.24) is 15.3 Å². The number of nitrogens with zero attached hydrogens (tertiary/aromatic N) is 2. The van der Waals surface area contributed by atoms with Crippen LogP contribution in [-0.2, 0) is 4.79 Å². The Morgan fingerprint density at radius 1 is 0.880 bits per heavy atom. The van der Waals surface area contributed by atoms with E-state index in [0.29, 0.717) is 11.4 Å². The van der Waals surface area contributed by atoms with Crippen molar-refractivity contribution < 1.29 is 9.59 Å². The second-order valence-electron chi connectivity index (χ2n) is 5.38. The standard InChI is InChI=1S/C19H16N4O2/c20-17(24)16(13-7-3-1-4-8-13)23-19(25)15-11-21-18(22-12-15)14-9-5-2-6-10-14/h1-12,16H,(H2,20,24)(H,23,25)/t16-/m1/s1. The second kappa shape index (κ2) is 7.35. The highest BCUT2D eigenvalue weighted by Gasteiger charge is 2.21. The van der Waals surface area contributed by atoms with Gasteiger partial charge in [-0.2, -0.15) is 0 Å². The van der Waals surface area contributed by atoms with Gasteiger partial charge in [-0.05, 0) is 5.56 Å². The van der Waals surface area contributed by atoms with Gasteiger partial charge in [-0.15, -0.1) is 0 Å². The van der Waals surface area contributed by atoms with Crippen molar-refractivity contribution >= 4 is 11.8 Å². The molecule has 25 heavy (non-hydrogen) atoms. The quantitative estimate of drug-likeness (QED) is 0.747. The Morgan fingerprint density at radius 3 is 2.00 bits per heavy atom. The Bertz CT molecular complexity index is 865. The van der Waals surface area contributed by atoms with E-state index in [1.54, 1.807) is 24.3 Å². The molecule has 3 N–H and O–H groups in total. The van der Waals surface area contributed by atoms with Crippen LogP contribution in [0, 0.1) is 0 Å². The highest BCUT2D eigenvalue weighted by atomic mass is 16.2. The molecule has 1 aromatic heterocycles. The fourth-order valence-corrected chi connectivity index (χ4v) is 2.36. The Labute approximate surface area is 144 Å². The van der Waals surface area contributed by atoms with E-state index >= 15 is 0 Å². The van der Waals surface area contributed by atoms with Crippen molar-refractivity contribution in [2.24, 2.45) is 5.73 Å². The third-order valence-electron chi connectivity index (χ3n) is 3.64. The van der Waals surface area contributed by atoms with Crippen molar-refractivity contribution in [3.05, 3.63) is 84.2 Å². The summed E-state index contributed by atoms with van der Waals surface area (Å²) in [6.07, 6.45) is 2.85. The summed E-state index contributed by atoms with van der Waals surface area (Å²) >= 11 is 0. The summed E-state index contributed by atoms with van der Waals surface area (Å²) in [5, 5.41) is 2.61. The molecule has 124 valence electrons. The molecule has 6 nitrogen and oxygen atoms in total. The smallest absolute Gasteiger partial charge is 0.255 e. The van der Waals surface area contributed by atoms with Gasteiger partial charge >= 0.3 is 0 Å². The third kappa shape index (κ3) is 3.87. The first-order valence-electron chi connectivity index (χ1n) is 7.68. The normalized spacial score (nSPS) is 11.5. The molecule has 0 aliphatic heterocycles. The predicted octanol–water partition coefficient (Wildman–Crippen LogP) is 2.10. The maximum Gasteiger partial charge on any atom is 0.255 e. The molecule has 0 aliphatic carbocycles. The molecule has 0 spiro atoms. The average Bonchev–Trinajstić information content (AvgIpc) is 2.67. The zero-order valence-electron chi connectivity index (χ0n) is 13.3. The van der Waals surface area contributed by atoms with E-state index in [-0.39, 0.29) is 5.56 Å². The SMILES string of the molecule is NC(=O)[C@H](NC(=O)c1cnc(-c2ccccc2)nc1)c1ccccc1. The molecular weight excluding hydrogens is 316 g/mol. The van der Waals surface area contributed by atoms with Crippen molar-refractivity contribution in [1.29, 1.82) is 0 Å². The Morgan fingerprint density at radius 2 is 1.44 bits per heavy atom. The summed E-state index contributed by atoms with van der Waals surface area (Å²) in [7, 11) is 0. The van der Waals surface area contributed by atoms with Crippen molar-refractivity contribution in [3.8, 4) is 11.4 Å². The van der Waals surface area contributed by atoms with E-state index in [1.807, 2.05) is 36.4 Å². The minimum Gasteiger partial charge on any atom is -0.368 e. The molecule has 1 atom stereocenters. The van der Waals surface area contributed by atoms with Crippen LogP contribution >= 0.6 is 0 Å². The van der Waals surface area contributed by atoms with Gasteiger partial charge in [-0.3, -0.25) is 9.59 Å². The van der Waals surface area contributed by atoms with Crippen LogP contribution in [0.2, 0.25) is 0 Å². The topological polar surface area (TPSA) is 98.0 Å². The molecule has 0 radical (unpaired) electrons. The minimum atomic E-state index is -0.914. The fourth-order valence-electron chi connectivity index (χ4n) is 2.36. The van der Waals surface area contributed by atoms with Gasteiger partial charge in [0.15, 0.2) is 5.82 Å². The average molecular weight is 332 g/mol. The van der Waals surface area contributed by atoms with Gasteiger partial charge < -0.3 is 11.1 Å². The summed E-state index contributed by atoms with van der Waals surface area (Å²) in [5.41, 5.74) is 7.13. The molecule has 0 saturated carbocycles. The Hall–Kier alpha value is -3.54. The van der Waals surface area contributed by atoms with E-state index in [9.17, 15) is 9.59 Å². The maximum atomic E-state index is 12.4. The van der Waals surface area contributed by atoms with Gasteiger partial charge in [-0.25, -0.2) is 9.97 Å². The maximum absolute atomic E-state index is 12.4. The molecule has 3 aromatic rings. The number of hydrogen-bond acceptors (Lipinski definition) is 4. The lowest BCUT2D eigenvalue weighted by Crippen LogP contribution is -2.37. The highest BCUT2D eigenvalue weighted by Crippen LogP contribution is 2.15. The second-order valence-corrected chi connectivity index (χ2v) is 5.38. The number of benzene rings is 2. The minimum absolute atomic E-state index is 0.252. The van der Waals surface area contributed by atoms with Gasteiger partial charge in [0.1, 0.15) is 6.04 Å². The van der Waals surface area contributed by atoms with Crippen LogP contribution in [-0.4, -0.2) is 21.8 Å². The molecular formula is C19H16N4O2. The lowest BCUT2D eigenvalue weighted by Gasteiger charge is -2.15. The molecule has 0 aliphatic rings. The number of aromatic nitrogens is 2. The number of primary amides is 1. The summed E-state index contributed by atoms with van der Waals surface area (Å²) < 4.78 is 0. The molecule has 0 bridgehead atoms. The van der Waals surface area contributed by atoms with E-state index in [2.05, 4.69) is 15.3 Å². The number of carbonyl (C=O) groups is 2. The van der Waals surface area contributed by atoms with E-state index in [4.69, 9.17) is 5.73 Å². The number of hydrogen-bond donors (Lipinski definition) is 2. The molecule has 2 aromatic carbocycles. The molecule has 3 rings (SSSR count). The van der Waals surface area contributed by atoms with Gasteiger partial charge in [0.2, 0.25) is 5.91 Å². The van der Waals surface area contributed by atoms with Crippen LogP contribution < -0.4 is 11.1 Å². The third-order valence-corrected chi connectivity index (χ3v) is 3.64. The largest absolute Gasteiger partial charge is 0.368 e. The monoisotopic (exact) mass is 332 g/mol. The van der Waals surface area contributed by atoms with Crippen LogP contribution in [0.4, 0.5) is 0 Å². The molecule has 0 saturated heterocycles. The molecule has 2 amide bonds. The van der Waals surface area contributed by atoms with Gasteiger partial charge in [0.05, 0.1) is 5.56 Å². The zero-order valence-corrected chi connectivity index (χ0v) is 13.3. The molecule has 1 heterocycles. The first kappa shape index (κ1) is 16.3. The zero-order chi connectivity index (χ0) is 17.6. The number of nitrogens with two attached hydrogens (primary N) is 1. The Kier molecular flexibility index (Phi) is 4.80. The number of rotatable bonds is 5. The molecule has 6 heteroatoms. The number of nitrogens with one attached hydrogen (secondary N) is 1. The van der Waals surface area contributed by atoms with Crippen LogP contribution in [0.15, 0.2) is 73.1 Å². The van der Waals surface area contributed by atoms with Crippen LogP contribution in [0.3, 0.4) is 0 Å². The highest BCUT2D eigenvalue weighted by molar-refractivity contribution is 5.97. The molecule has 0 unspecified atom stereocenters. The first-order chi connectivity index (χ1) is 12.1. The summed E-state index contributed by atoms with van der Waals surface area (Å²) in [5.74, 6) is -0.583. The fraction of sp³-hybridized carbons (Fsp3) is 0.0526. The van der Waals surface area contributed by atoms with Gasteiger partial charge in [0, 0.05) is 18.0 Å². The summed E-state index contributed by atoms with van der Waals surface area (Å²) in [4.78, 5) is 32.5. The van der Waals surface area contributed by atoms with E-state index in [1.165, 1.54) is 12.4 Å². The van der Waals surface area contributed by atoms with Gasteiger partial charge in [0.25, 0.3) is 5.91 Å². The van der Waals surface area contributed by atoms with Gasteiger partial charge in [-0.1, -0.05) is 60.7 Å². The first-order valence-corrected chi connectivity index (χ1v) is 7.68. The lowest BCUT2D eigenvalue weighted by molar-refractivity contribution is -0.120. The van der Waals surface area contributed by atoms with Crippen molar-refractivity contribution in [2.45, 2.75) is 6.04 Å². The summed E-state index contributed by atoms with van der Waals surface area (Å²) in [6, 6.07) is 17.3. The van der Waals surface area contributed by atoms with E-state index < -0.39 is 17.9 Å². The van der Waals surface area contributed by atoms with Crippen LogP contribution in [0.25, 0.3) is 11.4 Å². The lowest BCUT2D eigenvalue weighted by atomic mass is 10.1. The number of amides is 2. The Balaban J connectivity index is 1.77. The van der Waals surface area contributed by atoms with Crippen molar-refractivity contribution in [3.63, 3.8) is 0 Å². The van der Waals surface area contributed by atoms with Crippen LogP contribution in [0.5, 0.6) is 0 Å². The van der Waals surface area contributed by atoms with Crippen LogP contribution in [0.1, 0.15) is 22.0 Å². The predicted molar refractivity (Wildman–Crippen MR) is 93.3 cm³/mol. The molecule has 0 fully saturated rings.